The van der Waals surface area contributed by atoms with Crippen molar-refractivity contribution in [2.45, 2.75) is 26.8 Å². The summed E-state index contributed by atoms with van der Waals surface area (Å²) in [4.78, 5) is 11.2. The molecule has 0 atom stereocenters. The average Bonchev–Trinajstić information content (AvgIpc) is 2.46. The maximum Gasteiger partial charge on any atom is 0.337 e. The molecular formula is C17H19NO2. The number of aryl methyl sites for hydroxylation is 2. The Morgan fingerprint density at radius 1 is 1.10 bits per heavy atom. The zero-order valence-corrected chi connectivity index (χ0v) is 11.8. The van der Waals surface area contributed by atoms with Crippen LogP contribution in [0.5, 0.6) is 0 Å². The van der Waals surface area contributed by atoms with Gasteiger partial charge in [0.15, 0.2) is 0 Å². The lowest BCUT2D eigenvalue weighted by molar-refractivity contribution is 0.0698. The number of para-hydroxylation sites is 1. The first-order valence-electron chi connectivity index (χ1n) is 6.76. The molecule has 2 aromatic carbocycles. The number of hydrogen-bond acceptors (Lipinski definition) is 2. The number of benzene rings is 2. The fourth-order valence-electron chi connectivity index (χ4n) is 2.16. The normalized spacial score (nSPS) is 10.3. The van der Waals surface area contributed by atoms with Gasteiger partial charge in [-0.3, -0.25) is 0 Å². The van der Waals surface area contributed by atoms with Crippen molar-refractivity contribution in [2.75, 3.05) is 5.32 Å². The molecule has 0 spiro atoms. The van der Waals surface area contributed by atoms with Crippen LogP contribution in [-0.2, 0) is 13.0 Å². The highest BCUT2D eigenvalue weighted by molar-refractivity contribution is 5.95. The molecule has 20 heavy (non-hydrogen) atoms. The van der Waals surface area contributed by atoms with Crippen LogP contribution in [0.4, 0.5) is 5.69 Å². The predicted molar refractivity (Wildman–Crippen MR) is 81.3 cm³/mol. The molecule has 0 heterocycles. The number of aromatic carboxylic acids is 1. The molecule has 0 unspecified atom stereocenters. The smallest absolute Gasteiger partial charge is 0.337 e. The first-order chi connectivity index (χ1) is 9.61. The summed E-state index contributed by atoms with van der Waals surface area (Å²) in [6, 6.07) is 13.7. The molecule has 0 saturated carbocycles. The Hall–Kier alpha value is -2.29. The Kier molecular flexibility index (Phi) is 4.41. The van der Waals surface area contributed by atoms with Gasteiger partial charge in [-0.15, -0.1) is 0 Å². The molecule has 3 nitrogen and oxygen atoms in total. The summed E-state index contributed by atoms with van der Waals surface area (Å²) >= 11 is 0. The number of nitrogens with one attached hydrogen (secondary N) is 1. The minimum absolute atomic E-state index is 0.315. The van der Waals surface area contributed by atoms with Gasteiger partial charge in [-0.1, -0.05) is 43.3 Å². The highest BCUT2D eigenvalue weighted by Gasteiger charge is 2.11. The molecule has 0 radical (unpaired) electrons. The van der Waals surface area contributed by atoms with E-state index in [2.05, 4.69) is 36.5 Å². The van der Waals surface area contributed by atoms with Gasteiger partial charge in [0.2, 0.25) is 0 Å². The van der Waals surface area contributed by atoms with E-state index in [0.717, 1.165) is 17.5 Å². The summed E-state index contributed by atoms with van der Waals surface area (Å²) < 4.78 is 0. The Labute approximate surface area is 119 Å². The molecule has 2 aromatic rings. The summed E-state index contributed by atoms with van der Waals surface area (Å²) in [5, 5.41) is 12.5. The second kappa shape index (κ2) is 6.24. The highest BCUT2D eigenvalue weighted by Crippen LogP contribution is 2.21. The standard InChI is InChI=1S/C17H19NO2/c1-3-13-7-9-14(10-8-13)11-18-16-12(2)5-4-6-15(16)17(19)20/h4-10,18H,3,11H2,1-2H3,(H,19,20). The lowest BCUT2D eigenvalue weighted by atomic mass is 10.1. The number of anilines is 1. The Balaban J connectivity index is 2.16. The van der Waals surface area contributed by atoms with E-state index in [9.17, 15) is 9.90 Å². The minimum atomic E-state index is -0.905. The second-order valence-electron chi connectivity index (χ2n) is 4.83. The highest BCUT2D eigenvalue weighted by atomic mass is 16.4. The van der Waals surface area contributed by atoms with E-state index < -0.39 is 5.97 Å². The first-order valence-corrected chi connectivity index (χ1v) is 6.76. The molecule has 0 bridgehead atoms. The van der Waals surface area contributed by atoms with Crippen molar-refractivity contribution in [1.82, 2.24) is 0 Å². The van der Waals surface area contributed by atoms with Gasteiger partial charge >= 0.3 is 5.97 Å². The third-order valence-corrected chi connectivity index (χ3v) is 3.40. The van der Waals surface area contributed by atoms with Crippen LogP contribution in [0.2, 0.25) is 0 Å². The van der Waals surface area contributed by atoms with Gasteiger partial charge < -0.3 is 10.4 Å². The van der Waals surface area contributed by atoms with Gasteiger partial charge in [0.25, 0.3) is 0 Å². The molecule has 0 saturated heterocycles. The van der Waals surface area contributed by atoms with Gasteiger partial charge in [0, 0.05) is 6.54 Å². The average molecular weight is 269 g/mol. The van der Waals surface area contributed by atoms with Crippen LogP contribution in [0.25, 0.3) is 0 Å². The fourth-order valence-corrected chi connectivity index (χ4v) is 2.16. The monoisotopic (exact) mass is 269 g/mol. The van der Waals surface area contributed by atoms with E-state index in [1.165, 1.54) is 5.56 Å². The zero-order chi connectivity index (χ0) is 14.5. The maximum atomic E-state index is 11.2. The van der Waals surface area contributed by atoms with Crippen LogP contribution in [-0.4, -0.2) is 11.1 Å². The topological polar surface area (TPSA) is 49.3 Å². The van der Waals surface area contributed by atoms with E-state index in [1.54, 1.807) is 12.1 Å². The van der Waals surface area contributed by atoms with Crippen molar-refractivity contribution < 1.29 is 9.90 Å². The van der Waals surface area contributed by atoms with Crippen LogP contribution in [0.1, 0.15) is 34.0 Å². The van der Waals surface area contributed by atoms with E-state index in [4.69, 9.17) is 0 Å². The van der Waals surface area contributed by atoms with E-state index in [0.29, 0.717) is 17.8 Å². The number of carboxylic acids is 1. The maximum absolute atomic E-state index is 11.2. The molecule has 0 aliphatic carbocycles. The molecule has 3 heteroatoms. The van der Waals surface area contributed by atoms with Gasteiger partial charge in [-0.05, 0) is 36.1 Å². The van der Waals surface area contributed by atoms with Crippen LogP contribution in [0, 0.1) is 6.92 Å². The van der Waals surface area contributed by atoms with Crippen molar-refractivity contribution in [2.24, 2.45) is 0 Å². The van der Waals surface area contributed by atoms with Crippen molar-refractivity contribution in [3.8, 4) is 0 Å². The van der Waals surface area contributed by atoms with Crippen molar-refractivity contribution in [3.05, 3.63) is 64.7 Å². The number of carbonyl (C=O) groups is 1. The van der Waals surface area contributed by atoms with Crippen molar-refractivity contribution in [3.63, 3.8) is 0 Å². The third kappa shape index (κ3) is 3.18. The van der Waals surface area contributed by atoms with Crippen molar-refractivity contribution >= 4 is 11.7 Å². The van der Waals surface area contributed by atoms with E-state index in [1.807, 2.05) is 13.0 Å². The van der Waals surface area contributed by atoms with Gasteiger partial charge in [0.05, 0.1) is 11.3 Å². The molecule has 0 fully saturated rings. The Morgan fingerprint density at radius 3 is 2.35 bits per heavy atom. The molecule has 0 aromatic heterocycles. The van der Waals surface area contributed by atoms with Crippen LogP contribution >= 0.6 is 0 Å². The summed E-state index contributed by atoms with van der Waals surface area (Å²) in [6.07, 6.45) is 1.02. The zero-order valence-electron chi connectivity index (χ0n) is 11.8. The SMILES string of the molecule is CCc1ccc(CNc2c(C)cccc2C(=O)O)cc1. The third-order valence-electron chi connectivity index (χ3n) is 3.40. The molecule has 2 rings (SSSR count). The van der Waals surface area contributed by atoms with Crippen LogP contribution in [0.15, 0.2) is 42.5 Å². The molecule has 0 aliphatic heterocycles. The van der Waals surface area contributed by atoms with E-state index >= 15 is 0 Å². The largest absolute Gasteiger partial charge is 0.478 e. The van der Waals surface area contributed by atoms with Crippen LogP contribution in [0.3, 0.4) is 0 Å². The molecule has 0 aliphatic rings. The van der Waals surface area contributed by atoms with Gasteiger partial charge in [-0.2, -0.15) is 0 Å². The number of hydrogen-bond donors (Lipinski definition) is 2. The summed E-state index contributed by atoms with van der Waals surface area (Å²) in [6.45, 7) is 4.66. The lowest BCUT2D eigenvalue weighted by Gasteiger charge is -2.13. The minimum Gasteiger partial charge on any atom is -0.478 e. The first kappa shape index (κ1) is 14.1. The summed E-state index contributed by atoms with van der Waals surface area (Å²) in [5.74, 6) is -0.905. The summed E-state index contributed by atoms with van der Waals surface area (Å²) in [5.41, 5.74) is 4.39. The Bertz CT molecular complexity index is 603. The number of carboxylic acid groups (broad SMARTS) is 1. The molecule has 104 valence electrons. The summed E-state index contributed by atoms with van der Waals surface area (Å²) in [7, 11) is 0. The van der Waals surface area contributed by atoms with Gasteiger partial charge in [0.1, 0.15) is 0 Å². The molecule has 2 N–H and O–H groups in total. The molecular weight excluding hydrogens is 250 g/mol. The lowest BCUT2D eigenvalue weighted by Crippen LogP contribution is -2.08. The van der Waals surface area contributed by atoms with E-state index in [-0.39, 0.29) is 0 Å². The number of rotatable bonds is 5. The van der Waals surface area contributed by atoms with Gasteiger partial charge in [-0.25, -0.2) is 4.79 Å². The van der Waals surface area contributed by atoms with Crippen LogP contribution < -0.4 is 5.32 Å². The second-order valence-corrected chi connectivity index (χ2v) is 4.83. The predicted octanol–water partition coefficient (Wildman–Crippen LogP) is 3.87. The molecule has 0 amide bonds. The fraction of sp³-hybridized carbons (Fsp3) is 0.235. The quantitative estimate of drug-likeness (QED) is 0.866. The Morgan fingerprint density at radius 2 is 1.75 bits per heavy atom. The van der Waals surface area contributed by atoms with Crippen molar-refractivity contribution in [1.29, 1.82) is 0 Å².